The van der Waals surface area contributed by atoms with Crippen LogP contribution >= 0.6 is 11.3 Å². The Hall–Kier alpha value is -1.16. The number of thiophene rings is 1. The molecule has 2 aromatic rings. The average Bonchev–Trinajstić information content (AvgIpc) is 2.67. The van der Waals surface area contributed by atoms with Crippen LogP contribution in [0.2, 0.25) is 0 Å². The maximum absolute atomic E-state index is 4.56. The number of rotatable bonds is 1. The highest BCUT2D eigenvalue weighted by Gasteiger charge is 2.19. The van der Waals surface area contributed by atoms with Crippen molar-refractivity contribution in [2.24, 2.45) is 0 Å². The summed E-state index contributed by atoms with van der Waals surface area (Å²) in [6.45, 7) is 2.09. The summed E-state index contributed by atoms with van der Waals surface area (Å²) in [4.78, 5) is 11.7. The lowest BCUT2D eigenvalue weighted by molar-refractivity contribution is 0.700. The minimum Gasteiger partial charge on any atom is -0.357 e. The maximum Gasteiger partial charge on any atom is 0.224 e. The third-order valence-corrected chi connectivity index (χ3v) is 4.40. The van der Waals surface area contributed by atoms with E-state index in [1.807, 2.05) is 18.4 Å². The summed E-state index contributed by atoms with van der Waals surface area (Å²) in [7, 11) is 1.87. The fraction of sp³-hybridized carbons (Fsp3) is 0.500. The Morgan fingerprint density at radius 3 is 2.81 bits per heavy atom. The Labute approximate surface area is 98.9 Å². The number of anilines is 1. The Bertz CT molecular complexity index is 545. The first-order chi connectivity index (χ1) is 7.79. The molecule has 0 aromatic carbocycles. The summed E-state index contributed by atoms with van der Waals surface area (Å²) in [5, 5.41) is 4.34. The zero-order valence-electron chi connectivity index (χ0n) is 9.63. The molecule has 3 nitrogen and oxygen atoms in total. The van der Waals surface area contributed by atoms with E-state index < -0.39 is 0 Å². The van der Waals surface area contributed by atoms with Gasteiger partial charge in [0.1, 0.15) is 4.83 Å². The molecule has 0 fully saturated rings. The highest BCUT2D eigenvalue weighted by atomic mass is 32.1. The standard InChI is InChI=1S/C12H15N3S/c1-7-10-8-5-3-4-6-9(8)16-11(10)15-12(13-2)14-7/h3-6H2,1-2H3,(H,13,14,15). The van der Waals surface area contributed by atoms with Crippen molar-refractivity contribution in [3.8, 4) is 0 Å². The van der Waals surface area contributed by atoms with Crippen molar-refractivity contribution in [2.45, 2.75) is 32.6 Å². The van der Waals surface area contributed by atoms with Gasteiger partial charge in [-0.15, -0.1) is 11.3 Å². The van der Waals surface area contributed by atoms with Crippen molar-refractivity contribution in [1.29, 1.82) is 0 Å². The smallest absolute Gasteiger partial charge is 0.224 e. The highest BCUT2D eigenvalue weighted by molar-refractivity contribution is 7.18. The lowest BCUT2D eigenvalue weighted by Gasteiger charge is -2.10. The Morgan fingerprint density at radius 1 is 1.19 bits per heavy atom. The molecule has 1 aliphatic carbocycles. The first-order valence-electron chi connectivity index (χ1n) is 5.76. The van der Waals surface area contributed by atoms with E-state index >= 15 is 0 Å². The molecule has 0 aliphatic heterocycles. The van der Waals surface area contributed by atoms with Gasteiger partial charge in [0.2, 0.25) is 5.95 Å². The molecule has 3 rings (SSSR count). The fourth-order valence-corrected chi connectivity index (χ4v) is 3.76. The monoisotopic (exact) mass is 233 g/mol. The second-order valence-corrected chi connectivity index (χ2v) is 5.36. The first kappa shape index (κ1) is 10.0. The Balaban J connectivity index is 2.30. The predicted octanol–water partition coefficient (Wildman–Crippen LogP) is 2.92. The van der Waals surface area contributed by atoms with Crippen LogP contribution in [0, 0.1) is 6.92 Å². The average molecular weight is 233 g/mol. The van der Waals surface area contributed by atoms with Gasteiger partial charge in [-0.2, -0.15) is 0 Å². The van der Waals surface area contributed by atoms with Gasteiger partial charge in [0.05, 0.1) is 5.69 Å². The summed E-state index contributed by atoms with van der Waals surface area (Å²) in [6, 6.07) is 0. The summed E-state index contributed by atoms with van der Waals surface area (Å²) < 4.78 is 0. The molecule has 1 aliphatic rings. The van der Waals surface area contributed by atoms with Crippen LogP contribution in [-0.2, 0) is 12.8 Å². The van der Waals surface area contributed by atoms with Gasteiger partial charge in [-0.3, -0.25) is 0 Å². The molecular formula is C12H15N3S. The van der Waals surface area contributed by atoms with Crippen LogP contribution in [-0.4, -0.2) is 17.0 Å². The number of aryl methyl sites for hydroxylation is 3. The Morgan fingerprint density at radius 2 is 2.00 bits per heavy atom. The van der Waals surface area contributed by atoms with Crippen LogP contribution in [0.5, 0.6) is 0 Å². The molecular weight excluding hydrogens is 218 g/mol. The zero-order valence-corrected chi connectivity index (χ0v) is 10.4. The molecule has 1 N–H and O–H groups in total. The van der Waals surface area contributed by atoms with Crippen molar-refractivity contribution in [3.05, 3.63) is 16.1 Å². The van der Waals surface area contributed by atoms with Gasteiger partial charge in [0.15, 0.2) is 0 Å². The predicted molar refractivity (Wildman–Crippen MR) is 68.3 cm³/mol. The summed E-state index contributed by atoms with van der Waals surface area (Å²) in [6.07, 6.45) is 5.07. The number of aromatic nitrogens is 2. The largest absolute Gasteiger partial charge is 0.357 e. The van der Waals surface area contributed by atoms with E-state index in [2.05, 4.69) is 22.2 Å². The van der Waals surface area contributed by atoms with E-state index in [9.17, 15) is 0 Å². The lowest BCUT2D eigenvalue weighted by Crippen LogP contribution is -2.01. The molecule has 0 atom stereocenters. The van der Waals surface area contributed by atoms with Crippen LogP contribution in [0.25, 0.3) is 10.2 Å². The van der Waals surface area contributed by atoms with E-state index in [1.165, 1.54) is 41.5 Å². The minimum atomic E-state index is 0.739. The minimum absolute atomic E-state index is 0.739. The van der Waals surface area contributed by atoms with Crippen LogP contribution < -0.4 is 5.32 Å². The highest BCUT2D eigenvalue weighted by Crippen LogP contribution is 2.36. The van der Waals surface area contributed by atoms with E-state index in [4.69, 9.17) is 0 Å². The van der Waals surface area contributed by atoms with Gasteiger partial charge >= 0.3 is 0 Å². The fourth-order valence-electron chi connectivity index (χ4n) is 2.45. The molecule has 4 heteroatoms. The Kier molecular flexibility index (Phi) is 2.32. The van der Waals surface area contributed by atoms with Crippen LogP contribution in [0.15, 0.2) is 0 Å². The second kappa shape index (κ2) is 3.70. The van der Waals surface area contributed by atoms with E-state index in [1.54, 1.807) is 0 Å². The van der Waals surface area contributed by atoms with Crippen LogP contribution in [0.4, 0.5) is 5.95 Å². The summed E-state index contributed by atoms with van der Waals surface area (Å²) >= 11 is 1.85. The molecule has 0 bridgehead atoms. The van der Waals surface area contributed by atoms with E-state index in [0.717, 1.165) is 16.5 Å². The molecule has 0 saturated carbocycles. The van der Waals surface area contributed by atoms with Crippen LogP contribution in [0.3, 0.4) is 0 Å². The van der Waals surface area contributed by atoms with Gasteiger partial charge in [-0.25, -0.2) is 9.97 Å². The number of hydrogen-bond acceptors (Lipinski definition) is 4. The molecule has 16 heavy (non-hydrogen) atoms. The summed E-state index contributed by atoms with van der Waals surface area (Å²) in [5.41, 5.74) is 2.64. The van der Waals surface area contributed by atoms with Gasteiger partial charge < -0.3 is 5.32 Å². The summed E-state index contributed by atoms with van der Waals surface area (Å²) in [5.74, 6) is 0.739. The van der Waals surface area contributed by atoms with Gasteiger partial charge in [0.25, 0.3) is 0 Å². The second-order valence-electron chi connectivity index (χ2n) is 4.27. The normalized spacial score (nSPS) is 15.1. The third-order valence-electron chi connectivity index (χ3n) is 3.22. The topological polar surface area (TPSA) is 37.8 Å². The molecule has 0 unspecified atom stereocenters. The quantitative estimate of drug-likeness (QED) is 0.823. The van der Waals surface area contributed by atoms with Crippen LogP contribution in [0.1, 0.15) is 29.0 Å². The SMILES string of the molecule is CNc1nc(C)c2c3c(sc2n1)CCCC3. The van der Waals surface area contributed by atoms with Gasteiger partial charge in [-0.05, 0) is 38.2 Å². The number of nitrogens with zero attached hydrogens (tertiary/aromatic N) is 2. The van der Waals surface area contributed by atoms with Crippen molar-refractivity contribution >= 4 is 27.5 Å². The van der Waals surface area contributed by atoms with Gasteiger partial charge in [-0.1, -0.05) is 0 Å². The van der Waals surface area contributed by atoms with Crippen molar-refractivity contribution in [3.63, 3.8) is 0 Å². The number of nitrogens with one attached hydrogen (secondary N) is 1. The molecule has 2 heterocycles. The molecule has 0 spiro atoms. The number of hydrogen-bond donors (Lipinski definition) is 1. The van der Waals surface area contributed by atoms with Gasteiger partial charge in [0, 0.05) is 17.3 Å². The van der Waals surface area contributed by atoms with Crippen molar-refractivity contribution < 1.29 is 0 Å². The van der Waals surface area contributed by atoms with E-state index in [0.29, 0.717) is 0 Å². The molecule has 2 aromatic heterocycles. The molecule has 0 saturated heterocycles. The lowest BCUT2D eigenvalue weighted by atomic mass is 9.96. The van der Waals surface area contributed by atoms with E-state index in [-0.39, 0.29) is 0 Å². The van der Waals surface area contributed by atoms with Crippen molar-refractivity contribution in [2.75, 3.05) is 12.4 Å². The molecule has 0 radical (unpaired) electrons. The molecule has 0 amide bonds. The maximum atomic E-state index is 4.56. The number of fused-ring (bicyclic) bond motifs is 3. The first-order valence-corrected chi connectivity index (χ1v) is 6.58. The zero-order chi connectivity index (χ0) is 11.1. The third kappa shape index (κ3) is 1.40. The molecule has 84 valence electrons. The van der Waals surface area contributed by atoms with Crippen molar-refractivity contribution in [1.82, 2.24) is 9.97 Å².